The monoisotopic (exact) mass is 907 g/mol. The van der Waals surface area contributed by atoms with Gasteiger partial charge >= 0.3 is 27.3 Å². The number of hydrogen-bond donors (Lipinski definition) is 9. The van der Waals surface area contributed by atoms with Crippen LogP contribution in [0.25, 0.3) is 11.2 Å². The number of amides is 1. The Morgan fingerprint density at radius 3 is 2.34 bits per heavy atom. The Labute approximate surface area is 345 Å². The Balaban J connectivity index is 1.39. The first-order valence-electron chi connectivity index (χ1n) is 18.3. The maximum Gasteiger partial charge on any atom is 0.472 e. The lowest BCUT2D eigenvalue weighted by Crippen LogP contribution is -2.48. The minimum atomic E-state index is -5.43. The number of aliphatic hydroxyl groups excluding tert-OH is 2. The maximum absolute atomic E-state index is 13.7. The number of nitrogens with one attached hydrogen (secondary N) is 1. The number of carbonyl (C=O) groups excluding carboxylic acids is 2. The van der Waals surface area contributed by atoms with E-state index in [-0.39, 0.29) is 48.7 Å². The zero-order valence-electron chi connectivity index (χ0n) is 32.6. The fourth-order valence-electron chi connectivity index (χ4n) is 6.05. The topological polar surface area (TPSA) is 397 Å². The summed E-state index contributed by atoms with van der Waals surface area (Å²) < 4.78 is 64.7. The van der Waals surface area contributed by atoms with Gasteiger partial charge in [0, 0.05) is 19.2 Å². The van der Waals surface area contributed by atoms with Crippen LogP contribution in [0.4, 0.5) is 11.6 Å². The van der Waals surface area contributed by atoms with Crippen LogP contribution in [-0.4, -0.2) is 146 Å². The van der Waals surface area contributed by atoms with E-state index in [0.717, 1.165) is 23.2 Å². The Bertz CT molecular complexity index is 2180. The van der Waals surface area contributed by atoms with Crippen molar-refractivity contribution < 1.29 is 81.2 Å². The number of allylic oxidation sites excluding steroid dienone is 1. The third-order valence-electron chi connectivity index (χ3n) is 9.06. The number of imidazole rings is 1. The lowest BCUT2D eigenvalue weighted by molar-refractivity contribution is -0.162. The lowest BCUT2D eigenvalue weighted by atomic mass is 10.1. The number of esters is 1. The Morgan fingerprint density at radius 1 is 1.03 bits per heavy atom. The average molecular weight is 908 g/mol. The average Bonchev–Trinajstić information content (AvgIpc) is 3.83. The molecule has 0 bridgehead atoms. The summed E-state index contributed by atoms with van der Waals surface area (Å²) in [6.07, 6.45) is -8.85. The molecule has 27 nitrogen and oxygen atoms in total. The Hall–Kier alpha value is -4.31. The van der Waals surface area contributed by atoms with E-state index in [4.69, 9.17) is 39.5 Å². The largest absolute Gasteiger partial charge is 0.472 e. The number of rotatable bonds is 21. The first kappa shape index (κ1) is 47.7. The summed E-state index contributed by atoms with van der Waals surface area (Å²) >= 11 is 0. The molecule has 2 fully saturated rings. The van der Waals surface area contributed by atoms with Gasteiger partial charge in [-0.2, -0.15) is 4.98 Å². The highest BCUT2D eigenvalue weighted by atomic mass is 31.2. The molecule has 2 saturated heterocycles. The molecule has 338 valence electrons. The number of anilines is 2. The van der Waals surface area contributed by atoms with Crippen LogP contribution in [0.5, 0.6) is 0 Å². The summed E-state index contributed by atoms with van der Waals surface area (Å²) in [6.45, 7) is 4.14. The van der Waals surface area contributed by atoms with Gasteiger partial charge in [0.15, 0.2) is 36.1 Å². The van der Waals surface area contributed by atoms with Crippen molar-refractivity contribution in [1.82, 2.24) is 34.4 Å². The van der Waals surface area contributed by atoms with Crippen molar-refractivity contribution in [3.05, 3.63) is 48.1 Å². The number of nitrogens with zero attached hydrogens (tertiary/aromatic N) is 6. The van der Waals surface area contributed by atoms with Gasteiger partial charge in [-0.3, -0.25) is 27.5 Å². The molecular formula is C32H47N9O18P2. The summed E-state index contributed by atoms with van der Waals surface area (Å²) in [4.78, 5) is 84.1. The highest BCUT2D eigenvalue weighted by Crippen LogP contribution is 2.50. The molecule has 3 aromatic heterocycles. The number of fused-ring (bicyclic) bond motifs is 1. The highest BCUT2D eigenvalue weighted by Gasteiger charge is 2.52. The Kier molecular flexibility index (Phi) is 15.5. The van der Waals surface area contributed by atoms with E-state index in [1.807, 2.05) is 0 Å². The summed E-state index contributed by atoms with van der Waals surface area (Å²) in [5.74, 6) is -1.95. The molecule has 0 aliphatic carbocycles. The molecule has 11 N–H and O–H groups in total. The van der Waals surface area contributed by atoms with E-state index < -0.39 is 114 Å². The number of aromatic nitrogens is 6. The van der Waals surface area contributed by atoms with Crippen LogP contribution in [0.1, 0.15) is 45.6 Å². The van der Waals surface area contributed by atoms with Gasteiger partial charge in [-0.1, -0.05) is 6.08 Å². The van der Waals surface area contributed by atoms with Gasteiger partial charge in [-0.05, 0) is 32.8 Å². The molecular weight excluding hydrogens is 860 g/mol. The summed E-state index contributed by atoms with van der Waals surface area (Å²) in [7, 11) is -10.6. The van der Waals surface area contributed by atoms with Crippen LogP contribution in [0, 0.1) is 0 Å². The molecule has 2 aliphatic rings. The van der Waals surface area contributed by atoms with Gasteiger partial charge in [0.2, 0.25) is 5.91 Å². The highest BCUT2D eigenvalue weighted by molar-refractivity contribution is 7.47. The first-order chi connectivity index (χ1) is 28.6. The molecule has 0 spiro atoms. The third kappa shape index (κ3) is 12.6. The molecule has 29 heteroatoms. The van der Waals surface area contributed by atoms with Crippen LogP contribution in [0.3, 0.4) is 0 Å². The molecule has 1 amide bonds. The van der Waals surface area contributed by atoms with Crippen LogP contribution in [-0.2, 0) is 51.2 Å². The van der Waals surface area contributed by atoms with Gasteiger partial charge in [-0.25, -0.2) is 33.7 Å². The van der Waals surface area contributed by atoms with Gasteiger partial charge in [0.1, 0.15) is 48.2 Å². The lowest BCUT2D eigenvalue weighted by Gasteiger charge is -2.26. The SMILES string of the molecule is C=CCCC(=O)NC(COCCC(C)(C)O)C(=O)O[C@H]1[C@@H](O)[C@H](n2cnc3c(N)ncnc32)O[C@@H]1COP(=O)(O)O[C@H]1[C@@H](O)[C@H](n2ccc(N)nc2=O)O[C@@H]1COP(=O)(O)O. The molecule has 5 heterocycles. The minimum absolute atomic E-state index is 0.0283. The second-order valence-electron chi connectivity index (χ2n) is 14.3. The van der Waals surface area contributed by atoms with Gasteiger partial charge in [0.25, 0.3) is 0 Å². The molecule has 2 unspecified atom stereocenters. The molecule has 5 rings (SSSR count). The van der Waals surface area contributed by atoms with Crippen molar-refractivity contribution >= 4 is 50.3 Å². The fraction of sp³-hybridized carbons (Fsp3) is 0.594. The number of hydrogen-bond acceptors (Lipinski definition) is 21. The fourth-order valence-corrected chi connectivity index (χ4v) is 7.35. The number of aliphatic hydroxyl groups is 3. The number of phosphoric ester groups is 2. The zero-order valence-corrected chi connectivity index (χ0v) is 34.3. The number of nitrogen functional groups attached to an aromatic ring is 2. The van der Waals surface area contributed by atoms with E-state index in [1.165, 1.54) is 17.0 Å². The van der Waals surface area contributed by atoms with Gasteiger partial charge < -0.3 is 65.7 Å². The zero-order chi connectivity index (χ0) is 44.9. The third-order valence-corrected chi connectivity index (χ3v) is 10.5. The van der Waals surface area contributed by atoms with Crippen LogP contribution in [0.15, 0.2) is 42.4 Å². The number of ether oxygens (including phenoxy) is 4. The number of nitrogens with two attached hydrogens (primary N) is 2. The predicted octanol–water partition coefficient (Wildman–Crippen LogP) is -2.08. The van der Waals surface area contributed by atoms with E-state index in [1.54, 1.807) is 13.8 Å². The van der Waals surface area contributed by atoms with Crippen molar-refractivity contribution in [1.29, 1.82) is 0 Å². The summed E-state index contributed by atoms with van der Waals surface area (Å²) in [5, 5.41) is 35.3. The molecule has 0 radical (unpaired) electrons. The van der Waals surface area contributed by atoms with Gasteiger partial charge in [-0.15, -0.1) is 6.58 Å². The van der Waals surface area contributed by atoms with Crippen LogP contribution < -0.4 is 22.5 Å². The van der Waals surface area contributed by atoms with Crippen molar-refractivity contribution in [2.24, 2.45) is 0 Å². The second kappa shape index (κ2) is 19.8. The van der Waals surface area contributed by atoms with Crippen LogP contribution >= 0.6 is 15.6 Å². The van der Waals surface area contributed by atoms with Gasteiger partial charge in [0.05, 0.1) is 31.7 Å². The van der Waals surface area contributed by atoms with Crippen molar-refractivity contribution in [3.8, 4) is 0 Å². The van der Waals surface area contributed by atoms with E-state index in [2.05, 4.69) is 36.4 Å². The van der Waals surface area contributed by atoms with E-state index in [0.29, 0.717) is 0 Å². The Morgan fingerprint density at radius 2 is 1.69 bits per heavy atom. The predicted molar refractivity (Wildman–Crippen MR) is 204 cm³/mol. The van der Waals surface area contributed by atoms with E-state index >= 15 is 0 Å². The number of phosphoric acid groups is 2. The molecule has 2 aliphatic heterocycles. The van der Waals surface area contributed by atoms with Crippen LogP contribution in [0.2, 0.25) is 0 Å². The smallest absolute Gasteiger partial charge is 0.455 e. The van der Waals surface area contributed by atoms with E-state index in [9.17, 15) is 53.5 Å². The second-order valence-corrected chi connectivity index (χ2v) is 17.0. The molecule has 0 saturated carbocycles. The minimum Gasteiger partial charge on any atom is -0.455 e. The van der Waals surface area contributed by atoms with Crippen molar-refractivity contribution in [3.63, 3.8) is 0 Å². The van der Waals surface area contributed by atoms with Crippen molar-refractivity contribution in [2.45, 2.75) is 93.8 Å². The summed E-state index contributed by atoms with van der Waals surface area (Å²) in [5.41, 5.74) is 9.48. The molecule has 10 atom stereocenters. The maximum atomic E-state index is 13.7. The number of carbonyl (C=O) groups is 2. The quantitative estimate of drug-likeness (QED) is 0.0240. The first-order valence-corrected chi connectivity index (χ1v) is 21.3. The van der Waals surface area contributed by atoms with Crippen molar-refractivity contribution in [2.75, 3.05) is 37.9 Å². The summed E-state index contributed by atoms with van der Waals surface area (Å²) in [6, 6.07) is -0.313. The molecule has 61 heavy (non-hydrogen) atoms. The molecule has 0 aromatic carbocycles. The normalized spacial score (nSPS) is 25.9. The standard InChI is InChI=1S/C32H47N9O18P2/c1-4-5-6-20(42)38-16(11-53-10-8-32(2,3)47)30(45)58-24-17(56-29(22(24)43)41-15-37-21-26(34)35-14-36-27(21)41)13-55-61(51,52)59-25-18(12-54-60(48,49)50)57-28(23(25)44)40-9-7-19(33)39-31(40)46/h4,7,9,14-18,22-25,28-29,43-44,47H,1,5-6,8,10-13H2,2-3H3,(H,38,42)(H,51,52)(H2,33,39,46)(H2,34,35,36)(H2,48,49,50)/t16?,17-,18-,22-,23-,24-,25-,28-,29-/m1/s1. The molecule has 3 aromatic rings.